The molecule has 1 saturated carbocycles. The van der Waals surface area contributed by atoms with Crippen molar-refractivity contribution in [1.29, 1.82) is 0 Å². The lowest BCUT2D eigenvalue weighted by Crippen LogP contribution is -2.44. The number of alkyl halides is 6. The average molecular weight is 2050 g/mol. The summed E-state index contributed by atoms with van der Waals surface area (Å²) in [6, 6.07) is 31.9. The summed E-state index contributed by atoms with van der Waals surface area (Å²) in [6.45, 7) is 58.6. The van der Waals surface area contributed by atoms with Crippen molar-refractivity contribution in [2.24, 2.45) is 23.2 Å². The molecule has 0 spiro atoms. The van der Waals surface area contributed by atoms with E-state index in [1.807, 2.05) is 220 Å². The second kappa shape index (κ2) is 56.3. The highest BCUT2D eigenvalue weighted by atomic mass is 19.4. The highest BCUT2D eigenvalue weighted by molar-refractivity contribution is 6.13. The third-order valence-corrected chi connectivity index (χ3v) is 21.5. The molecule has 0 atom stereocenters. The van der Waals surface area contributed by atoms with E-state index in [0.29, 0.717) is 47.4 Å². The van der Waals surface area contributed by atoms with E-state index in [1.165, 1.54) is 41.6 Å². The number of likely N-dealkylation sites (N-methyl/N-ethyl adjacent to an activating group) is 1. The molecule has 0 radical (unpaired) electrons. The zero-order valence-electron chi connectivity index (χ0n) is 89.9. The predicted molar refractivity (Wildman–Crippen MR) is 561 cm³/mol. The first kappa shape index (κ1) is 123. The lowest BCUT2D eigenvalue weighted by molar-refractivity contribution is -0.139. The summed E-state index contributed by atoms with van der Waals surface area (Å²) in [5, 5.41) is 46.1. The molecule has 0 unspecified atom stereocenters. The van der Waals surface area contributed by atoms with Crippen molar-refractivity contribution in [2.75, 3.05) is 93.8 Å². The molecular weight excluding hydrogens is 1890 g/mol. The summed E-state index contributed by atoms with van der Waals surface area (Å²) < 4.78 is 110. The first-order valence-corrected chi connectivity index (χ1v) is 49.1. The first-order valence-electron chi connectivity index (χ1n) is 49.1. The Morgan fingerprint density at radius 2 is 0.822 bits per heavy atom. The molecule has 13 N–H and O–H groups in total. The van der Waals surface area contributed by atoms with E-state index in [0.717, 1.165) is 110 Å². The van der Waals surface area contributed by atoms with E-state index < -0.39 is 34.9 Å². The van der Waals surface area contributed by atoms with Gasteiger partial charge in [-0.1, -0.05) is 155 Å². The van der Waals surface area contributed by atoms with Crippen molar-refractivity contribution in [3.05, 3.63) is 190 Å². The van der Waals surface area contributed by atoms with Gasteiger partial charge >= 0.3 is 36.5 Å². The summed E-state index contributed by atoms with van der Waals surface area (Å²) in [5.41, 5.74) is 3.75. The molecule has 146 heavy (non-hydrogen) atoms. The molecule has 2 aliphatic heterocycles. The number of carbonyl (C=O) groups excluding carboxylic acids is 9. The molecule has 3 fully saturated rings. The maximum Gasteiger partial charge on any atom is 0.416 e. The SMILES string of the molecule is CC(C)C(=O)Nc1cc(C(C)(C)C)on1.CC(C)C(=O)Nc1ccc(N2CCCCC2)c(F)c1.CC(C)NC(=O)Nc1cc(C(C)(C)C)on1.CC(C)NC(=O)Nc1cc(C(C)(C)C)on1.CC(C)NC(=O)Nc1ccc(CN2CCN(C)CC2)c(C(F)(F)F)c1.Cc1ccc(NC(=O)C2(C(=O)NC(C)C)CC2)cc1.Cc1cccc(NC(=O)NC(C)C)c1.Cc1cn(-c2cc(NC(=O)C(C)C)cc(C(F)(F)F)c2)cn1. The van der Waals surface area contributed by atoms with Crippen molar-refractivity contribution >= 4 is 105 Å². The van der Waals surface area contributed by atoms with Gasteiger partial charge in [-0.15, -0.1) is 0 Å². The van der Waals surface area contributed by atoms with E-state index in [-0.39, 0.29) is 147 Å². The lowest BCUT2D eigenvalue weighted by atomic mass is 9.93. The van der Waals surface area contributed by atoms with Gasteiger partial charge in [-0.05, 0) is 213 Å². The molecule has 13 amide bonds. The summed E-state index contributed by atoms with van der Waals surface area (Å²) in [6.07, 6.45) is -1.21. The molecule has 5 aromatic carbocycles. The third kappa shape index (κ3) is 44.7. The standard InChI is InChI=1S/C17H25F3N4O.C15H16F3N3O.C15H21FN2O.C15H20N2O2.2C11H19N3O2.C11H18N2O2.C11H16N2O/c1-12(2)21-16(25)22-14-5-4-13(15(10-14)17(18,19)20)11-24-8-6-23(3)7-9-24;1-9(2)14(22)20-12-4-11(15(16,17)18)5-13(6-12)21-7-10(3)19-8-21;1-11(2)15(19)17-12-6-7-14(13(16)10-12)18-8-4-3-5-9-18;1-10(2)16-13(18)15(8-9-15)14(19)17-12-6-4-11(3)5-7-12;2*1-7(2)12-10(15)13-9-6-8(16-14-9)11(3,4)5;1-7(2)10(14)12-9-6-8(15-13-9)11(3,4)5;1-8(2)12-11(14)13-10-6-4-5-9(3)7-10/h4-5,10,12H,6-9,11H2,1-3H3,(H2,21,22,25);4-9H,1-3H3,(H,20,22);6-7,10-11H,3-5,8-9H2,1-2H3,(H,17,19);4-7,10H,8-9H2,1-3H3,(H,16,18)(H,17,19);2*6-7H,1-5H3,(H2,12,13,14,15);6-7H,1-5H3,(H,12,13,14);4-8H,1-3H3,(H2,12,13,14). The van der Waals surface area contributed by atoms with Crippen LogP contribution < -0.4 is 74.0 Å². The van der Waals surface area contributed by atoms with Gasteiger partial charge in [0.1, 0.15) is 28.5 Å². The third-order valence-electron chi connectivity index (χ3n) is 21.5. The van der Waals surface area contributed by atoms with Crippen LogP contribution in [0.4, 0.5) is 101 Å². The van der Waals surface area contributed by atoms with Crippen LogP contribution in [0, 0.1) is 49.8 Å². The van der Waals surface area contributed by atoms with Crippen molar-refractivity contribution in [3.63, 3.8) is 0 Å². The first-order chi connectivity index (χ1) is 67.8. The molecule has 3 aliphatic rings. The van der Waals surface area contributed by atoms with E-state index in [1.54, 1.807) is 71.1 Å². The van der Waals surface area contributed by atoms with Crippen molar-refractivity contribution in [1.82, 2.24) is 61.4 Å². The number of halogens is 7. The number of amides is 13. The lowest BCUT2D eigenvalue weighted by Gasteiger charge is -2.33. The number of piperidine rings is 1. The molecule has 33 nitrogen and oxygen atoms in total. The van der Waals surface area contributed by atoms with Gasteiger partial charge in [0.15, 0.2) is 17.5 Å². The zero-order valence-corrected chi connectivity index (χ0v) is 89.9. The predicted octanol–water partition coefficient (Wildman–Crippen LogP) is 22.5. The number of hydrogen-bond acceptors (Lipinski definition) is 19. The van der Waals surface area contributed by atoms with Gasteiger partial charge in [0.05, 0.1) is 28.8 Å². The summed E-state index contributed by atoms with van der Waals surface area (Å²) in [5.74, 6) is 2.01. The average Bonchev–Trinajstić information content (AvgIpc) is 1.61. The number of aromatic nitrogens is 5. The summed E-state index contributed by atoms with van der Waals surface area (Å²) >= 11 is 0. The van der Waals surface area contributed by atoms with Gasteiger partial charge in [0, 0.05) is 169 Å². The Bertz CT molecular complexity index is 5590. The van der Waals surface area contributed by atoms with Crippen LogP contribution in [-0.2, 0) is 59.1 Å². The number of nitrogens with zero attached hydrogens (tertiary/aromatic N) is 8. The number of aryl methyl sites for hydroxylation is 3. The van der Waals surface area contributed by atoms with E-state index in [4.69, 9.17) is 13.6 Å². The van der Waals surface area contributed by atoms with E-state index >= 15 is 0 Å². The van der Waals surface area contributed by atoms with Gasteiger partial charge in [0.25, 0.3) is 0 Å². The number of hydrogen-bond donors (Lipinski definition) is 13. The molecule has 40 heteroatoms. The second-order valence-electron chi connectivity index (χ2n) is 41.7. The number of imidazole rings is 1. The van der Waals surface area contributed by atoms with Gasteiger partial charge in [-0.25, -0.2) is 28.6 Å². The molecule has 1 aliphatic carbocycles. The monoisotopic (exact) mass is 2050 g/mol. The topological polar surface area (TPSA) is 416 Å². The summed E-state index contributed by atoms with van der Waals surface area (Å²) in [4.78, 5) is 115. The number of benzene rings is 5. The molecule has 804 valence electrons. The molecule has 2 saturated heterocycles. The molecule has 12 rings (SSSR count). The fourth-order valence-corrected chi connectivity index (χ4v) is 13.1. The van der Waals surface area contributed by atoms with Crippen LogP contribution in [0.15, 0.2) is 147 Å². The number of rotatable bonds is 22. The van der Waals surface area contributed by atoms with Crippen LogP contribution >= 0.6 is 0 Å². The molecule has 6 heterocycles. The maximum absolute atomic E-state index is 14.1. The fourth-order valence-electron chi connectivity index (χ4n) is 13.1. The Morgan fingerprint density at radius 3 is 1.22 bits per heavy atom. The molecule has 0 bridgehead atoms. The van der Waals surface area contributed by atoms with Crippen LogP contribution in [-0.4, -0.2) is 165 Å². The largest absolute Gasteiger partial charge is 0.416 e. The zero-order chi connectivity index (χ0) is 110. The minimum Gasteiger partial charge on any atom is -0.369 e. The Kier molecular flexibility index (Phi) is 47.5. The van der Waals surface area contributed by atoms with Crippen LogP contribution in [0.3, 0.4) is 0 Å². The van der Waals surface area contributed by atoms with Crippen LogP contribution in [0.25, 0.3) is 5.69 Å². The number of piperazine rings is 1. The smallest absolute Gasteiger partial charge is 0.369 e. The van der Waals surface area contributed by atoms with Crippen molar-refractivity contribution in [2.45, 2.75) is 291 Å². The van der Waals surface area contributed by atoms with E-state index in [2.05, 4.69) is 99.4 Å². The quantitative estimate of drug-likeness (QED) is 0.0221. The van der Waals surface area contributed by atoms with Gasteiger partial charge < -0.3 is 86.4 Å². The van der Waals surface area contributed by atoms with Crippen molar-refractivity contribution < 1.29 is 87.5 Å². The number of nitrogens with one attached hydrogen (secondary N) is 13. The van der Waals surface area contributed by atoms with Gasteiger partial charge in [0.2, 0.25) is 29.5 Å². The summed E-state index contributed by atoms with van der Waals surface area (Å²) in [7, 11) is 2.00. The Morgan fingerprint density at radius 1 is 0.404 bits per heavy atom. The normalized spacial score (nSPS) is 13.5. The van der Waals surface area contributed by atoms with Crippen LogP contribution in [0.5, 0.6) is 0 Å². The van der Waals surface area contributed by atoms with Crippen molar-refractivity contribution in [3.8, 4) is 5.69 Å². The number of anilines is 9. The maximum atomic E-state index is 14.1. The Balaban J connectivity index is 0.000000296. The van der Waals surface area contributed by atoms with Gasteiger partial charge in [-0.3, -0.25) is 39.5 Å². The Labute approximate surface area is 854 Å². The Hall–Kier alpha value is -13.4. The van der Waals surface area contributed by atoms with Gasteiger partial charge in [-0.2, -0.15) is 26.3 Å². The fraction of sp³-hybridized carbons (Fsp3) is 0.519. The highest BCUT2D eigenvalue weighted by Gasteiger charge is 2.56. The van der Waals surface area contributed by atoms with E-state index in [9.17, 15) is 73.9 Å². The van der Waals surface area contributed by atoms with Crippen LogP contribution in [0.2, 0.25) is 0 Å². The second-order valence-corrected chi connectivity index (χ2v) is 41.7. The number of urea groups is 4. The number of carbonyl (C=O) groups is 9. The molecule has 9 aromatic rings. The molecular formula is C106H154F7N21O12. The minimum atomic E-state index is -4.50. The highest BCUT2D eigenvalue weighted by Crippen LogP contribution is 2.47. The minimum absolute atomic E-state index is 0.0521. The van der Waals surface area contributed by atoms with Crippen LogP contribution in [0.1, 0.15) is 256 Å². The molecule has 4 aromatic heterocycles.